The molecule has 32 heavy (non-hydrogen) atoms. The number of halogens is 4. The van der Waals surface area contributed by atoms with Crippen LogP contribution < -0.4 is 4.94 Å². The Morgan fingerprint density at radius 3 is 2.38 bits per heavy atom. The van der Waals surface area contributed by atoms with E-state index in [1.54, 1.807) is 13.0 Å². The third kappa shape index (κ3) is 6.73. The zero-order valence-corrected chi connectivity index (χ0v) is 18.1. The number of carbonyl (C=O) groups is 1. The fraction of sp³-hybridized carbons (Fsp3) is 0.636. The van der Waals surface area contributed by atoms with Gasteiger partial charge in [0.1, 0.15) is 11.8 Å². The molecule has 2 N–H and O–H groups in total. The van der Waals surface area contributed by atoms with Crippen molar-refractivity contribution in [2.45, 2.75) is 58.1 Å². The zero-order chi connectivity index (χ0) is 24.1. The number of hydrogen-bond acceptors (Lipinski definition) is 6. The lowest BCUT2D eigenvalue weighted by molar-refractivity contribution is -0.142. The van der Waals surface area contributed by atoms with E-state index in [9.17, 15) is 22.5 Å². The summed E-state index contributed by atoms with van der Waals surface area (Å²) in [5, 5.41) is 18.1. The number of carbonyl (C=O) groups excluding carboxylic acids is 1. The van der Waals surface area contributed by atoms with E-state index in [4.69, 9.17) is 14.9 Å². The summed E-state index contributed by atoms with van der Waals surface area (Å²) in [5.41, 5.74) is -1.18. The molecule has 7 unspecified atom stereocenters. The SMILES string of the molecule is CC1CC(C)C2C(=O)C=CC12.CC1OCCC(O)C1O.FOc1cccc(C(F)(F)F)n1. The quantitative estimate of drug-likeness (QED) is 0.614. The molecule has 3 aliphatic rings. The first-order valence-electron chi connectivity index (χ1n) is 10.5. The van der Waals surface area contributed by atoms with Crippen molar-refractivity contribution in [2.24, 2.45) is 23.7 Å². The summed E-state index contributed by atoms with van der Waals surface area (Å²) in [6, 6.07) is 2.71. The van der Waals surface area contributed by atoms with E-state index in [1.165, 1.54) is 6.42 Å². The van der Waals surface area contributed by atoms with Crippen molar-refractivity contribution >= 4 is 5.78 Å². The Labute approximate surface area is 184 Å². The molecular formula is C22H29F4NO5. The summed E-state index contributed by atoms with van der Waals surface area (Å²) >= 11 is 0. The minimum absolute atomic E-state index is 0.214. The summed E-state index contributed by atoms with van der Waals surface area (Å²) < 4.78 is 52.0. The third-order valence-corrected chi connectivity index (χ3v) is 6.00. The average Bonchev–Trinajstić information content (AvgIpc) is 3.27. The normalized spacial score (nSPS) is 33.5. The number of pyridine rings is 1. The number of alkyl halides is 3. The van der Waals surface area contributed by atoms with Crippen LogP contribution in [0.2, 0.25) is 0 Å². The smallest absolute Gasteiger partial charge is 0.390 e. The standard InChI is InChI=1S/C10H14O.C6H3F4NO.C6H12O3/c1-6-5-7(2)10-8(6)3-4-9(10)11;7-6(8,9)4-2-1-3-5(11-4)12-10;1-4-6(8)5(7)2-3-9-4/h3-4,6-8,10H,5H2,1-2H3;1-3H;4-8H,2-3H2,1H3. The fourth-order valence-electron chi connectivity index (χ4n) is 4.29. The predicted molar refractivity (Wildman–Crippen MR) is 107 cm³/mol. The van der Waals surface area contributed by atoms with Crippen molar-refractivity contribution in [1.82, 2.24) is 4.98 Å². The van der Waals surface area contributed by atoms with E-state index in [-0.39, 0.29) is 6.10 Å². The van der Waals surface area contributed by atoms with Crippen LogP contribution in [-0.4, -0.2) is 45.9 Å². The lowest BCUT2D eigenvalue weighted by Crippen LogP contribution is -2.42. The summed E-state index contributed by atoms with van der Waals surface area (Å²) in [6.45, 7) is 6.77. The fourth-order valence-corrected chi connectivity index (χ4v) is 4.29. The van der Waals surface area contributed by atoms with Crippen molar-refractivity contribution in [3.8, 4) is 5.88 Å². The minimum atomic E-state index is -4.57. The Kier molecular flexibility index (Phi) is 9.18. The number of fused-ring (bicyclic) bond motifs is 1. The van der Waals surface area contributed by atoms with Gasteiger partial charge in [0, 0.05) is 23.1 Å². The molecule has 0 amide bonds. The van der Waals surface area contributed by atoms with Crippen molar-refractivity contribution in [2.75, 3.05) is 6.61 Å². The molecular weight excluding hydrogens is 434 g/mol. The largest absolute Gasteiger partial charge is 0.433 e. The second-order valence-electron chi connectivity index (χ2n) is 8.41. The summed E-state index contributed by atoms with van der Waals surface area (Å²) in [5.74, 6) is 1.90. The molecule has 2 fully saturated rings. The number of hydrogen-bond donors (Lipinski definition) is 2. The van der Waals surface area contributed by atoms with Crippen LogP contribution in [-0.2, 0) is 15.7 Å². The van der Waals surface area contributed by atoms with Crippen LogP contribution in [0.1, 0.15) is 39.3 Å². The van der Waals surface area contributed by atoms with Gasteiger partial charge in [-0.05, 0) is 49.7 Å². The summed E-state index contributed by atoms with van der Waals surface area (Å²) in [7, 11) is 0. The zero-order valence-electron chi connectivity index (χ0n) is 18.1. The second-order valence-corrected chi connectivity index (χ2v) is 8.41. The lowest BCUT2D eigenvalue weighted by Gasteiger charge is -2.29. The summed E-state index contributed by atoms with van der Waals surface area (Å²) in [6.07, 6.45) is -0.407. The van der Waals surface area contributed by atoms with Gasteiger partial charge in [-0.3, -0.25) is 9.74 Å². The topological polar surface area (TPSA) is 88.9 Å². The number of allylic oxidation sites excluding steroid dienone is 2. The van der Waals surface area contributed by atoms with Crippen molar-refractivity contribution < 1.29 is 42.4 Å². The van der Waals surface area contributed by atoms with Gasteiger partial charge in [-0.15, -0.1) is 0 Å². The van der Waals surface area contributed by atoms with E-state index < -0.39 is 30.0 Å². The third-order valence-electron chi connectivity index (χ3n) is 6.00. The van der Waals surface area contributed by atoms with Crippen LogP contribution in [0, 0.1) is 23.7 Å². The molecule has 0 aromatic carbocycles. The van der Waals surface area contributed by atoms with Gasteiger partial charge in [-0.2, -0.15) is 13.2 Å². The number of aliphatic hydroxyl groups is 2. The summed E-state index contributed by atoms with van der Waals surface area (Å²) in [4.78, 5) is 17.2. The van der Waals surface area contributed by atoms with E-state index >= 15 is 0 Å². The highest BCUT2D eigenvalue weighted by Crippen LogP contribution is 2.45. The van der Waals surface area contributed by atoms with Gasteiger partial charge in [0.15, 0.2) is 5.78 Å². The first-order chi connectivity index (χ1) is 15.0. The van der Waals surface area contributed by atoms with Gasteiger partial charge in [0.25, 0.3) is 5.88 Å². The number of aliphatic hydroxyl groups excluding tert-OH is 2. The van der Waals surface area contributed by atoms with Crippen LogP contribution in [0.5, 0.6) is 5.88 Å². The van der Waals surface area contributed by atoms with Gasteiger partial charge in [0.2, 0.25) is 0 Å². The number of rotatable bonds is 1. The first kappa shape index (κ1) is 26.2. The van der Waals surface area contributed by atoms with Crippen molar-refractivity contribution in [3.63, 3.8) is 0 Å². The molecule has 2 heterocycles. The van der Waals surface area contributed by atoms with Crippen LogP contribution in [0.3, 0.4) is 0 Å². The highest BCUT2D eigenvalue weighted by atomic mass is 19.4. The number of ether oxygens (including phenoxy) is 1. The van der Waals surface area contributed by atoms with Crippen LogP contribution >= 0.6 is 0 Å². The molecule has 1 aliphatic heterocycles. The Morgan fingerprint density at radius 2 is 1.84 bits per heavy atom. The molecule has 0 spiro atoms. The van der Waals surface area contributed by atoms with Gasteiger partial charge >= 0.3 is 6.18 Å². The maximum atomic E-state index is 11.9. The molecule has 180 valence electrons. The van der Waals surface area contributed by atoms with Gasteiger partial charge < -0.3 is 14.9 Å². The highest BCUT2D eigenvalue weighted by Gasteiger charge is 2.43. The molecule has 1 aromatic heterocycles. The monoisotopic (exact) mass is 463 g/mol. The Morgan fingerprint density at radius 1 is 1.16 bits per heavy atom. The molecule has 6 nitrogen and oxygen atoms in total. The molecule has 0 radical (unpaired) electrons. The van der Waals surface area contributed by atoms with E-state index in [1.807, 2.05) is 0 Å². The first-order valence-corrected chi connectivity index (χ1v) is 10.5. The molecule has 4 rings (SSSR count). The van der Waals surface area contributed by atoms with Gasteiger partial charge in [-0.25, -0.2) is 4.98 Å². The highest BCUT2D eigenvalue weighted by molar-refractivity contribution is 5.95. The number of nitrogens with zero attached hydrogens (tertiary/aromatic N) is 1. The minimum Gasteiger partial charge on any atom is -0.390 e. The Balaban J connectivity index is 0.000000172. The molecule has 1 saturated carbocycles. The predicted octanol–water partition coefficient (Wildman–Crippen LogP) is 3.91. The molecule has 7 atom stereocenters. The average molecular weight is 463 g/mol. The number of ketones is 1. The van der Waals surface area contributed by atoms with Gasteiger partial charge in [0.05, 0.1) is 12.2 Å². The molecule has 1 aromatic rings. The van der Waals surface area contributed by atoms with E-state index in [0.29, 0.717) is 36.6 Å². The Hall–Kier alpha value is -2.04. The Bertz CT molecular complexity index is 778. The maximum Gasteiger partial charge on any atom is 0.433 e. The van der Waals surface area contributed by atoms with Crippen LogP contribution in [0.15, 0.2) is 30.4 Å². The van der Waals surface area contributed by atoms with E-state index in [0.717, 1.165) is 24.1 Å². The lowest BCUT2D eigenvalue weighted by atomic mass is 9.90. The molecule has 1 saturated heterocycles. The van der Waals surface area contributed by atoms with E-state index in [2.05, 4.69) is 29.8 Å². The molecule has 2 aliphatic carbocycles. The van der Waals surface area contributed by atoms with Crippen LogP contribution in [0.25, 0.3) is 0 Å². The molecule has 10 heteroatoms. The van der Waals surface area contributed by atoms with Gasteiger partial charge in [-0.1, -0.05) is 26.0 Å². The maximum absolute atomic E-state index is 11.9. The van der Waals surface area contributed by atoms with Crippen molar-refractivity contribution in [1.29, 1.82) is 0 Å². The second kappa shape index (κ2) is 11.2. The van der Waals surface area contributed by atoms with Crippen LogP contribution in [0.4, 0.5) is 17.7 Å². The number of aromatic nitrogens is 1. The molecule has 0 bridgehead atoms. The van der Waals surface area contributed by atoms with Crippen molar-refractivity contribution in [3.05, 3.63) is 36.0 Å².